The molecule has 1 aliphatic carbocycles. The van der Waals surface area contributed by atoms with Gasteiger partial charge in [-0.05, 0) is 64.1 Å². The summed E-state index contributed by atoms with van der Waals surface area (Å²) < 4.78 is 0. The molecule has 0 radical (unpaired) electrons. The number of piperidine rings is 1. The minimum atomic E-state index is 0.808. The summed E-state index contributed by atoms with van der Waals surface area (Å²) in [5, 5.41) is 0. The van der Waals surface area contributed by atoms with Crippen molar-refractivity contribution in [2.75, 3.05) is 19.6 Å². The molecule has 1 saturated carbocycles. The molecule has 2 fully saturated rings. The van der Waals surface area contributed by atoms with Crippen molar-refractivity contribution in [2.45, 2.75) is 38.6 Å². The molecular weight excluding hydrogens is 160 g/mol. The lowest BCUT2D eigenvalue weighted by Gasteiger charge is -2.35. The minimum Gasteiger partial charge on any atom is -0.330 e. The second kappa shape index (κ2) is 3.97. The van der Waals surface area contributed by atoms with E-state index in [0.717, 1.165) is 24.4 Å². The highest BCUT2D eigenvalue weighted by atomic mass is 15.2. The maximum atomic E-state index is 5.68. The third-order valence-corrected chi connectivity index (χ3v) is 3.86. The molecule has 2 aliphatic rings. The van der Waals surface area contributed by atoms with E-state index < -0.39 is 0 Å². The third kappa shape index (κ3) is 2.23. The Labute approximate surface area is 81.5 Å². The predicted molar refractivity (Wildman–Crippen MR) is 55.5 cm³/mol. The molecule has 1 saturated heterocycles. The van der Waals surface area contributed by atoms with Gasteiger partial charge in [-0.3, -0.25) is 0 Å². The molecule has 1 unspecified atom stereocenters. The van der Waals surface area contributed by atoms with Crippen LogP contribution in [0.1, 0.15) is 32.6 Å². The van der Waals surface area contributed by atoms with Crippen molar-refractivity contribution in [3.8, 4) is 0 Å². The maximum Gasteiger partial charge on any atom is 0.00951 e. The van der Waals surface area contributed by atoms with Gasteiger partial charge < -0.3 is 10.6 Å². The largest absolute Gasteiger partial charge is 0.330 e. The summed E-state index contributed by atoms with van der Waals surface area (Å²) in [6.45, 7) is 5.88. The summed E-state index contributed by atoms with van der Waals surface area (Å²) in [6, 6.07) is 0.846. The van der Waals surface area contributed by atoms with Crippen molar-refractivity contribution < 1.29 is 0 Å². The standard InChI is InChI=1S/C11H22N2/c1-9(11-2-3-11)13-6-4-10(8-12)5-7-13/h9-11H,2-8,12H2,1H3. The van der Waals surface area contributed by atoms with E-state index in [1.807, 2.05) is 0 Å². The van der Waals surface area contributed by atoms with Crippen LogP contribution in [-0.4, -0.2) is 30.6 Å². The normalized spacial score (nSPS) is 29.1. The van der Waals surface area contributed by atoms with E-state index in [2.05, 4.69) is 11.8 Å². The van der Waals surface area contributed by atoms with Crippen LogP contribution in [0.5, 0.6) is 0 Å². The Morgan fingerprint density at radius 1 is 1.23 bits per heavy atom. The Balaban J connectivity index is 1.76. The number of nitrogens with two attached hydrogens (primary N) is 1. The molecule has 0 aromatic rings. The summed E-state index contributed by atoms with van der Waals surface area (Å²) in [6.07, 6.45) is 5.59. The van der Waals surface area contributed by atoms with Crippen LogP contribution >= 0.6 is 0 Å². The van der Waals surface area contributed by atoms with Crippen molar-refractivity contribution >= 4 is 0 Å². The fraction of sp³-hybridized carbons (Fsp3) is 1.00. The van der Waals surface area contributed by atoms with Gasteiger partial charge in [-0.25, -0.2) is 0 Å². The van der Waals surface area contributed by atoms with Gasteiger partial charge in [0, 0.05) is 6.04 Å². The molecule has 0 aromatic carbocycles. The van der Waals surface area contributed by atoms with Crippen molar-refractivity contribution in [2.24, 2.45) is 17.6 Å². The first-order chi connectivity index (χ1) is 6.31. The molecule has 1 aliphatic heterocycles. The van der Waals surface area contributed by atoms with E-state index >= 15 is 0 Å². The van der Waals surface area contributed by atoms with Gasteiger partial charge in [0.05, 0.1) is 0 Å². The molecule has 0 amide bonds. The van der Waals surface area contributed by atoms with Gasteiger partial charge in [0.1, 0.15) is 0 Å². The first-order valence-electron chi connectivity index (χ1n) is 5.75. The topological polar surface area (TPSA) is 29.3 Å². The van der Waals surface area contributed by atoms with Crippen LogP contribution in [0.4, 0.5) is 0 Å². The molecule has 0 spiro atoms. The minimum absolute atomic E-state index is 0.808. The zero-order chi connectivity index (χ0) is 9.26. The molecule has 76 valence electrons. The third-order valence-electron chi connectivity index (χ3n) is 3.86. The average Bonchev–Trinajstić information content (AvgIpc) is 3.00. The van der Waals surface area contributed by atoms with E-state index in [9.17, 15) is 0 Å². The summed E-state index contributed by atoms with van der Waals surface area (Å²) >= 11 is 0. The lowest BCUT2D eigenvalue weighted by atomic mass is 9.95. The Kier molecular flexibility index (Phi) is 2.89. The Morgan fingerprint density at radius 2 is 1.85 bits per heavy atom. The quantitative estimate of drug-likeness (QED) is 0.716. The molecule has 2 rings (SSSR count). The molecule has 1 heterocycles. The predicted octanol–water partition coefficient (Wildman–Crippen LogP) is 1.46. The number of rotatable bonds is 3. The van der Waals surface area contributed by atoms with Crippen LogP contribution in [0.25, 0.3) is 0 Å². The molecule has 0 bridgehead atoms. The van der Waals surface area contributed by atoms with Crippen LogP contribution < -0.4 is 5.73 Å². The van der Waals surface area contributed by atoms with Gasteiger partial charge in [-0.1, -0.05) is 0 Å². The molecule has 2 nitrogen and oxygen atoms in total. The smallest absolute Gasteiger partial charge is 0.00951 e. The van der Waals surface area contributed by atoms with E-state index in [1.165, 1.54) is 38.8 Å². The molecular formula is C11H22N2. The first-order valence-corrected chi connectivity index (χ1v) is 5.75. The lowest BCUT2D eigenvalue weighted by Crippen LogP contribution is -2.42. The van der Waals surface area contributed by atoms with E-state index in [0.29, 0.717) is 0 Å². The average molecular weight is 182 g/mol. The summed E-state index contributed by atoms with van der Waals surface area (Å²) in [4.78, 5) is 2.67. The fourth-order valence-corrected chi connectivity index (χ4v) is 2.47. The number of likely N-dealkylation sites (tertiary alicyclic amines) is 1. The Bertz CT molecular complexity index is 157. The summed E-state index contributed by atoms with van der Waals surface area (Å²) in [5.41, 5.74) is 5.68. The molecule has 2 heteroatoms. The van der Waals surface area contributed by atoms with Crippen molar-refractivity contribution in [1.29, 1.82) is 0 Å². The van der Waals surface area contributed by atoms with Crippen molar-refractivity contribution in [1.82, 2.24) is 4.90 Å². The van der Waals surface area contributed by atoms with Crippen LogP contribution in [0.15, 0.2) is 0 Å². The Morgan fingerprint density at radius 3 is 2.31 bits per heavy atom. The van der Waals surface area contributed by atoms with Crippen LogP contribution in [-0.2, 0) is 0 Å². The van der Waals surface area contributed by atoms with Gasteiger partial charge in [-0.2, -0.15) is 0 Å². The summed E-state index contributed by atoms with van der Waals surface area (Å²) in [7, 11) is 0. The van der Waals surface area contributed by atoms with Gasteiger partial charge in [0.25, 0.3) is 0 Å². The SMILES string of the molecule is CC(C1CC1)N1CCC(CN)CC1. The molecule has 13 heavy (non-hydrogen) atoms. The summed E-state index contributed by atoms with van der Waals surface area (Å²) in [5.74, 6) is 1.83. The monoisotopic (exact) mass is 182 g/mol. The highest BCUT2D eigenvalue weighted by Gasteiger charge is 2.33. The lowest BCUT2D eigenvalue weighted by molar-refractivity contribution is 0.131. The van der Waals surface area contributed by atoms with E-state index in [4.69, 9.17) is 5.73 Å². The molecule has 1 atom stereocenters. The highest BCUT2D eigenvalue weighted by molar-refractivity contribution is 4.87. The maximum absolute atomic E-state index is 5.68. The zero-order valence-corrected chi connectivity index (χ0v) is 8.71. The zero-order valence-electron chi connectivity index (χ0n) is 8.71. The first kappa shape index (κ1) is 9.47. The fourth-order valence-electron chi connectivity index (χ4n) is 2.47. The number of nitrogens with zero attached hydrogens (tertiary/aromatic N) is 1. The van der Waals surface area contributed by atoms with E-state index in [1.54, 1.807) is 0 Å². The molecule has 2 N–H and O–H groups in total. The molecule has 0 aromatic heterocycles. The highest BCUT2D eigenvalue weighted by Crippen LogP contribution is 2.36. The van der Waals surface area contributed by atoms with Crippen LogP contribution in [0, 0.1) is 11.8 Å². The second-order valence-electron chi connectivity index (χ2n) is 4.79. The Hall–Kier alpha value is -0.0800. The van der Waals surface area contributed by atoms with Gasteiger partial charge >= 0.3 is 0 Å². The van der Waals surface area contributed by atoms with Crippen molar-refractivity contribution in [3.05, 3.63) is 0 Å². The van der Waals surface area contributed by atoms with Gasteiger partial charge in [-0.15, -0.1) is 0 Å². The van der Waals surface area contributed by atoms with Crippen molar-refractivity contribution in [3.63, 3.8) is 0 Å². The van der Waals surface area contributed by atoms with E-state index in [-0.39, 0.29) is 0 Å². The van der Waals surface area contributed by atoms with Gasteiger partial charge in [0.2, 0.25) is 0 Å². The number of hydrogen-bond donors (Lipinski definition) is 1. The number of hydrogen-bond acceptors (Lipinski definition) is 2. The van der Waals surface area contributed by atoms with Crippen LogP contribution in [0.3, 0.4) is 0 Å². The van der Waals surface area contributed by atoms with Crippen LogP contribution in [0.2, 0.25) is 0 Å². The van der Waals surface area contributed by atoms with Gasteiger partial charge in [0.15, 0.2) is 0 Å². The second-order valence-corrected chi connectivity index (χ2v) is 4.79.